The first-order valence-corrected chi connectivity index (χ1v) is 11.7. The van der Waals surface area contributed by atoms with E-state index in [1.165, 1.54) is 11.1 Å². The van der Waals surface area contributed by atoms with Crippen LogP contribution in [0.25, 0.3) is 5.69 Å². The van der Waals surface area contributed by atoms with Crippen LogP contribution in [0.3, 0.4) is 0 Å². The van der Waals surface area contributed by atoms with Gasteiger partial charge in [-0.25, -0.2) is 8.42 Å². The third-order valence-electron chi connectivity index (χ3n) is 5.27. The van der Waals surface area contributed by atoms with Crippen LogP contribution in [0.4, 0.5) is 0 Å². The lowest BCUT2D eigenvalue weighted by Gasteiger charge is -2.29. The summed E-state index contributed by atoms with van der Waals surface area (Å²) < 4.78 is 28.7. The third-order valence-corrected chi connectivity index (χ3v) is 7.46. The van der Waals surface area contributed by atoms with Crippen LogP contribution >= 0.6 is 12.2 Å². The van der Waals surface area contributed by atoms with E-state index >= 15 is 0 Å². The second kappa shape index (κ2) is 7.89. The van der Waals surface area contributed by atoms with E-state index in [1.807, 2.05) is 21.5 Å². The molecule has 1 aromatic heterocycles. The first kappa shape index (κ1) is 20.3. The van der Waals surface area contributed by atoms with Crippen molar-refractivity contribution in [3.63, 3.8) is 0 Å². The van der Waals surface area contributed by atoms with E-state index in [1.54, 1.807) is 0 Å². The molecule has 3 rings (SSSR count). The van der Waals surface area contributed by atoms with Crippen molar-refractivity contribution >= 4 is 22.1 Å². The molecule has 1 aromatic carbocycles. The van der Waals surface area contributed by atoms with Crippen LogP contribution in [0.1, 0.15) is 31.4 Å². The average molecular weight is 408 g/mol. The molecule has 0 aliphatic carbocycles. The van der Waals surface area contributed by atoms with Gasteiger partial charge in [-0.15, -0.1) is 0 Å². The van der Waals surface area contributed by atoms with Gasteiger partial charge in [0.2, 0.25) is 0 Å². The molecule has 0 radical (unpaired) electrons. The second-order valence-electron chi connectivity index (χ2n) is 8.05. The molecule has 27 heavy (non-hydrogen) atoms. The lowest BCUT2D eigenvalue weighted by atomic mass is 10.1. The van der Waals surface area contributed by atoms with Crippen molar-refractivity contribution < 1.29 is 8.42 Å². The molecule has 0 spiro atoms. The smallest absolute Gasteiger partial charge is 0.185 e. The van der Waals surface area contributed by atoms with E-state index in [4.69, 9.17) is 12.2 Å². The quantitative estimate of drug-likeness (QED) is 0.685. The molecule has 0 bridgehead atoms. The van der Waals surface area contributed by atoms with Crippen molar-refractivity contribution in [2.75, 3.05) is 18.1 Å². The third kappa shape index (κ3) is 4.70. The van der Waals surface area contributed by atoms with Crippen molar-refractivity contribution in [2.45, 2.75) is 46.8 Å². The molecule has 1 atom stereocenters. The Kier molecular flexibility index (Phi) is 5.93. The van der Waals surface area contributed by atoms with Gasteiger partial charge in [0, 0.05) is 30.7 Å². The van der Waals surface area contributed by atoms with E-state index in [9.17, 15) is 8.42 Å². The molecule has 0 saturated carbocycles. The molecule has 0 N–H and O–H groups in total. The fourth-order valence-corrected chi connectivity index (χ4v) is 5.69. The minimum absolute atomic E-state index is 0.0734. The zero-order valence-electron chi connectivity index (χ0n) is 16.6. The number of aromatic nitrogens is 2. The number of imidazole rings is 1. The highest BCUT2D eigenvalue weighted by Crippen LogP contribution is 2.21. The molecule has 1 saturated heterocycles. The molecule has 0 amide bonds. The zero-order valence-corrected chi connectivity index (χ0v) is 18.2. The summed E-state index contributed by atoms with van der Waals surface area (Å²) in [6.45, 7) is 10.0. The maximum absolute atomic E-state index is 11.9. The van der Waals surface area contributed by atoms with Crippen molar-refractivity contribution in [3.05, 3.63) is 46.5 Å². The number of nitrogens with zero attached hydrogens (tertiary/aromatic N) is 3. The Bertz CT molecular complexity index is 973. The number of benzene rings is 1. The molecule has 2 heterocycles. The predicted octanol–water partition coefficient (Wildman–Crippen LogP) is 3.73. The summed E-state index contributed by atoms with van der Waals surface area (Å²) in [6.07, 6.45) is 4.69. The summed E-state index contributed by atoms with van der Waals surface area (Å²) in [5, 5.41) is 0. The molecule has 1 aliphatic rings. The normalized spacial score (nSPS) is 19.3. The van der Waals surface area contributed by atoms with E-state index in [2.05, 4.69) is 50.8 Å². The van der Waals surface area contributed by atoms with Crippen LogP contribution < -0.4 is 0 Å². The van der Waals surface area contributed by atoms with E-state index in [0.29, 0.717) is 24.8 Å². The largest absolute Gasteiger partial charge is 0.310 e. The van der Waals surface area contributed by atoms with Gasteiger partial charge in [0.1, 0.15) is 0 Å². The van der Waals surface area contributed by atoms with Gasteiger partial charge in [-0.1, -0.05) is 19.9 Å². The maximum Gasteiger partial charge on any atom is 0.185 e. The van der Waals surface area contributed by atoms with Crippen LogP contribution in [-0.4, -0.2) is 46.5 Å². The molecule has 1 unspecified atom stereocenters. The fourth-order valence-electron chi connectivity index (χ4n) is 3.64. The van der Waals surface area contributed by atoms with E-state index < -0.39 is 9.84 Å². The summed E-state index contributed by atoms with van der Waals surface area (Å²) in [5.74, 6) is 1.01. The maximum atomic E-state index is 11.9. The van der Waals surface area contributed by atoms with Crippen molar-refractivity contribution in [2.24, 2.45) is 5.92 Å². The van der Waals surface area contributed by atoms with Crippen LogP contribution in [0, 0.1) is 24.5 Å². The Labute approximate surface area is 167 Å². The van der Waals surface area contributed by atoms with Gasteiger partial charge in [0.05, 0.1) is 18.2 Å². The Hall–Kier alpha value is -1.44. The summed E-state index contributed by atoms with van der Waals surface area (Å²) in [5.41, 5.74) is 3.55. The predicted molar refractivity (Wildman–Crippen MR) is 113 cm³/mol. The second-order valence-corrected chi connectivity index (χ2v) is 10.6. The molecule has 1 aliphatic heterocycles. The van der Waals surface area contributed by atoms with Crippen LogP contribution in [-0.2, 0) is 16.5 Å². The Balaban J connectivity index is 1.86. The summed E-state index contributed by atoms with van der Waals surface area (Å²) in [6, 6.07) is 6.41. The number of sulfone groups is 1. The lowest BCUT2D eigenvalue weighted by Crippen LogP contribution is -2.40. The zero-order chi connectivity index (χ0) is 19.8. The Morgan fingerprint density at radius 2 is 1.96 bits per heavy atom. The molecule has 1 fully saturated rings. The monoisotopic (exact) mass is 407 g/mol. The summed E-state index contributed by atoms with van der Waals surface area (Å²) in [7, 11) is -2.91. The molecular formula is C20H29N3O2S2. The van der Waals surface area contributed by atoms with E-state index in [-0.39, 0.29) is 11.8 Å². The topological polar surface area (TPSA) is 47.2 Å². The molecule has 7 heteroatoms. The standard InChI is InChI=1S/C20H29N3O2S2/c1-15(2)12-22(19-7-10-27(24,25)13-19)14-21-8-9-23(20(21)26)18-6-5-16(3)17(4)11-18/h5-6,8-9,11,15,19H,7,10,12-14H2,1-4H3. The first-order valence-electron chi connectivity index (χ1n) is 9.46. The highest BCUT2D eigenvalue weighted by atomic mass is 32.2. The number of hydrogen-bond acceptors (Lipinski definition) is 4. The van der Waals surface area contributed by atoms with Crippen LogP contribution in [0.5, 0.6) is 0 Å². The van der Waals surface area contributed by atoms with Gasteiger partial charge in [0.25, 0.3) is 0 Å². The van der Waals surface area contributed by atoms with Gasteiger partial charge in [-0.2, -0.15) is 0 Å². The molecule has 148 valence electrons. The Morgan fingerprint density at radius 3 is 2.56 bits per heavy atom. The minimum Gasteiger partial charge on any atom is -0.310 e. The Morgan fingerprint density at radius 1 is 1.22 bits per heavy atom. The van der Waals surface area contributed by atoms with E-state index in [0.717, 1.165) is 17.0 Å². The lowest BCUT2D eigenvalue weighted by molar-refractivity contribution is 0.145. The van der Waals surface area contributed by atoms with Crippen molar-refractivity contribution in [3.8, 4) is 5.69 Å². The van der Waals surface area contributed by atoms with Gasteiger partial charge < -0.3 is 4.57 Å². The molecule has 2 aromatic rings. The number of hydrogen-bond donors (Lipinski definition) is 0. The van der Waals surface area contributed by atoms with Gasteiger partial charge in [-0.3, -0.25) is 9.47 Å². The van der Waals surface area contributed by atoms with Crippen LogP contribution in [0.15, 0.2) is 30.6 Å². The fraction of sp³-hybridized carbons (Fsp3) is 0.550. The SMILES string of the molecule is Cc1ccc(-n2ccn(CN(CC(C)C)C3CCS(=O)(=O)C3)c2=S)cc1C. The number of aryl methyl sites for hydroxylation is 2. The highest BCUT2D eigenvalue weighted by Gasteiger charge is 2.32. The van der Waals surface area contributed by atoms with Gasteiger partial charge >= 0.3 is 0 Å². The molecular weight excluding hydrogens is 378 g/mol. The summed E-state index contributed by atoms with van der Waals surface area (Å²) in [4.78, 5) is 2.27. The first-order chi connectivity index (χ1) is 12.7. The van der Waals surface area contributed by atoms with Gasteiger partial charge in [-0.05, 0) is 61.7 Å². The van der Waals surface area contributed by atoms with Crippen molar-refractivity contribution in [1.29, 1.82) is 0 Å². The molecule has 5 nitrogen and oxygen atoms in total. The van der Waals surface area contributed by atoms with Gasteiger partial charge in [0.15, 0.2) is 14.6 Å². The van der Waals surface area contributed by atoms with Crippen LogP contribution in [0.2, 0.25) is 0 Å². The average Bonchev–Trinajstić information content (AvgIpc) is 3.12. The number of rotatable bonds is 6. The summed E-state index contributed by atoms with van der Waals surface area (Å²) >= 11 is 5.72. The highest BCUT2D eigenvalue weighted by molar-refractivity contribution is 7.91. The van der Waals surface area contributed by atoms with Crippen molar-refractivity contribution in [1.82, 2.24) is 14.0 Å². The minimum atomic E-state index is -2.91.